The van der Waals surface area contributed by atoms with Gasteiger partial charge in [0.15, 0.2) is 5.96 Å². The number of hydrogen-bond donors (Lipinski definition) is 5. The Kier molecular flexibility index (Phi) is 18.2. The molecular formula is C47H61N7O8. The van der Waals surface area contributed by atoms with Gasteiger partial charge in [-0.2, -0.15) is 0 Å². The summed E-state index contributed by atoms with van der Waals surface area (Å²) in [6, 6.07) is 19.8. The lowest BCUT2D eigenvalue weighted by molar-refractivity contribution is -0.149. The van der Waals surface area contributed by atoms with Gasteiger partial charge in [0, 0.05) is 39.5 Å². The number of carbonyl (C=O) groups excluding carboxylic acids is 5. The Morgan fingerprint density at radius 2 is 1.39 bits per heavy atom. The zero-order valence-electron chi connectivity index (χ0n) is 36.6. The molecule has 3 aromatic carbocycles. The number of rotatable bonds is 20. The zero-order valence-corrected chi connectivity index (χ0v) is 36.6. The number of guanidine groups is 1. The highest BCUT2D eigenvalue weighted by molar-refractivity contribution is 5.93. The van der Waals surface area contributed by atoms with Gasteiger partial charge < -0.3 is 46.1 Å². The van der Waals surface area contributed by atoms with E-state index in [1.807, 2.05) is 79.7 Å². The van der Waals surface area contributed by atoms with Crippen LogP contribution >= 0.6 is 0 Å². The van der Waals surface area contributed by atoms with E-state index in [0.717, 1.165) is 33.4 Å². The molecule has 3 atom stereocenters. The summed E-state index contributed by atoms with van der Waals surface area (Å²) in [5.74, 6) is 0.428. The minimum absolute atomic E-state index is 0.0241. The third-order valence-corrected chi connectivity index (χ3v) is 9.98. The summed E-state index contributed by atoms with van der Waals surface area (Å²) in [4.78, 5) is 72.7. The molecule has 62 heavy (non-hydrogen) atoms. The summed E-state index contributed by atoms with van der Waals surface area (Å²) in [5.41, 5.74) is 11.3. The molecule has 15 nitrogen and oxygen atoms in total. The molecule has 0 spiro atoms. The lowest BCUT2D eigenvalue weighted by Gasteiger charge is -2.24. The Morgan fingerprint density at radius 1 is 0.790 bits per heavy atom. The molecule has 1 aliphatic carbocycles. The van der Waals surface area contributed by atoms with E-state index in [2.05, 4.69) is 32.2 Å². The van der Waals surface area contributed by atoms with Crippen LogP contribution in [-0.4, -0.2) is 98.3 Å². The van der Waals surface area contributed by atoms with Crippen molar-refractivity contribution >= 4 is 35.9 Å². The Labute approximate surface area is 364 Å². The number of aliphatic imine (C=N–C) groups is 1. The van der Waals surface area contributed by atoms with Crippen molar-refractivity contribution in [3.8, 4) is 23.5 Å². The number of carbonyl (C=O) groups is 5. The second kappa shape index (κ2) is 23.4. The molecule has 0 fully saturated rings. The molecule has 4 amide bonds. The molecule has 0 saturated heterocycles. The van der Waals surface area contributed by atoms with E-state index in [9.17, 15) is 24.0 Å². The van der Waals surface area contributed by atoms with E-state index in [-0.39, 0.29) is 51.5 Å². The van der Waals surface area contributed by atoms with Gasteiger partial charge in [-0.15, -0.1) is 12.3 Å². The number of fused-ring (bicyclic) bond motifs is 3. The Balaban J connectivity index is 1.44. The Bertz CT molecular complexity index is 2030. The molecular weight excluding hydrogens is 791 g/mol. The summed E-state index contributed by atoms with van der Waals surface area (Å²) in [7, 11) is 3.51. The van der Waals surface area contributed by atoms with Crippen LogP contribution in [0.3, 0.4) is 0 Å². The summed E-state index contributed by atoms with van der Waals surface area (Å²) < 4.78 is 16.6. The molecule has 15 heteroatoms. The number of nitrogens with one attached hydrogen (secondary N) is 4. The van der Waals surface area contributed by atoms with Crippen LogP contribution in [0, 0.1) is 19.3 Å². The predicted molar refractivity (Wildman–Crippen MR) is 238 cm³/mol. The highest BCUT2D eigenvalue weighted by atomic mass is 16.6. The number of ether oxygens (including phenoxy) is 3. The van der Waals surface area contributed by atoms with Crippen molar-refractivity contribution in [2.75, 3.05) is 33.8 Å². The van der Waals surface area contributed by atoms with Crippen LogP contribution < -0.4 is 27.0 Å². The molecule has 0 saturated carbocycles. The first-order chi connectivity index (χ1) is 29.6. The molecule has 3 aromatic rings. The largest absolute Gasteiger partial charge is 0.459 e. The van der Waals surface area contributed by atoms with Crippen LogP contribution in [0.2, 0.25) is 0 Å². The average molecular weight is 852 g/mol. The van der Waals surface area contributed by atoms with E-state index in [4.69, 9.17) is 26.4 Å². The number of terminal acetylenes is 1. The van der Waals surface area contributed by atoms with Gasteiger partial charge in [0.1, 0.15) is 36.9 Å². The molecule has 0 radical (unpaired) electrons. The molecule has 0 unspecified atom stereocenters. The van der Waals surface area contributed by atoms with Gasteiger partial charge in [-0.1, -0.05) is 78.4 Å². The van der Waals surface area contributed by atoms with Gasteiger partial charge >= 0.3 is 18.2 Å². The van der Waals surface area contributed by atoms with E-state index >= 15 is 0 Å². The van der Waals surface area contributed by atoms with Crippen LogP contribution in [0.15, 0.2) is 77.8 Å². The van der Waals surface area contributed by atoms with Gasteiger partial charge in [0.05, 0.1) is 0 Å². The molecule has 0 heterocycles. The number of benzene rings is 3. The number of nitrogens with zero attached hydrogens (tertiary/aromatic N) is 2. The third kappa shape index (κ3) is 15.2. The monoisotopic (exact) mass is 851 g/mol. The van der Waals surface area contributed by atoms with Crippen molar-refractivity contribution in [3.05, 3.63) is 95.1 Å². The van der Waals surface area contributed by atoms with Crippen molar-refractivity contribution in [1.29, 1.82) is 0 Å². The lowest BCUT2D eigenvalue weighted by Crippen LogP contribution is -2.55. The first-order valence-corrected chi connectivity index (χ1v) is 20.9. The fraction of sp³-hybridized carbons (Fsp3) is 0.447. The summed E-state index contributed by atoms with van der Waals surface area (Å²) in [6.07, 6.45) is 5.58. The SMILES string of the molecule is C#CC[C@@H](NC(=O)[C@H](CCCN=C(N)N(C)C)NC(=O)OCC1c2ccccc2-c2ccccc21)C(=O)N[C@@H](CCCCNC(=O)OC(C)(C)C)C(=O)OCc1ccc(C)cc1. The number of nitrogens with two attached hydrogens (primary N) is 1. The lowest BCUT2D eigenvalue weighted by atomic mass is 9.98. The Morgan fingerprint density at radius 3 is 2.00 bits per heavy atom. The van der Waals surface area contributed by atoms with E-state index < -0.39 is 53.7 Å². The minimum atomic E-state index is -1.28. The Hall–Kier alpha value is -6.56. The molecule has 4 rings (SSSR count). The number of amides is 4. The van der Waals surface area contributed by atoms with E-state index in [0.29, 0.717) is 25.2 Å². The maximum Gasteiger partial charge on any atom is 0.407 e. The van der Waals surface area contributed by atoms with Gasteiger partial charge in [0.25, 0.3) is 0 Å². The summed E-state index contributed by atoms with van der Waals surface area (Å²) >= 11 is 0. The average Bonchev–Trinajstić information content (AvgIpc) is 3.55. The van der Waals surface area contributed by atoms with E-state index in [1.54, 1.807) is 39.8 Å². The number of unbranched alkanes of at least 4 members (excludes halogenated alkanes) is 1. The van der Waals surface area contributed by atoms with Crippen molar-refractivity contribution in [3.63, 3.8) is 0 Å². The molecule has 0 bridgehead atoms. The van der Waals surface area contributed by atoms with Crippen LogP contribution in [0.25, 0.3) is 11.1 Å². The van der Waals surface area contributed by atoms with Crippen LogP contribution in [0.1, 0.15) is 87.5 Å². The molecule has 1 aliphatic rings. The maximum atomic E-state index is 13.9. The number of aryl methyl sites for hydroxylation is 1. The number of esters is 1. The molecule has 332 valence electrons. The molecule has 6 N–H and O–H groups in total. The van der Waals surface area contributed by atoms with Crippen molar-refractivity contribution in [1.82, 2.24) is 26.2 Å². The highest BCUT2D eigenvalue weighted by Crippen LogP contribution is 2.44. The fourth-order valence-corrected chi connectivity index (χ4v) is 6.72. The van der Waals surface area contributed by atoms with Gasteiger partial charge in [-0.05, 0) is 87.6 Å². The number of alkyl carbamates (subject to hydrolysis) is 2. The van der Waals surface area contributed by atoms with Crippen molar-refractivity contribution < 1.29 is 38.2 Å². The van der Waals surface area contributed by atoms with Crippen LogP contribution in [-0.2, 0) is 35.2 Å². The normalized spacial score (nSPS) is 13.5. The summed E-state index contributed by atoms with van der Waals surface area (Å²) in [5, 5.41) is 10.8. The topological polar surface area (TPSA) is 203 Å². The summed E-state index contributed by atoms with van der Waals surface area (Å²) in [6.45, 7) is 7.77. The standard InChI is InChI=1S/C47H61N7O8/c1-8-16-38(41(55)52-40(21-13-14-27-50-45(58)62-47(3,4)5)43(57)60-29-32-25-23-31(2)24-26-32)51-42(56)39(22-15-28-49-44(48)54(6)7)53-46(59)61-30-37-35-19-11-9-17-33(35)34-18-10-12-20-36(34)37/h1,9-12,17-20,23-26,37-40H,13-16,21-22,27-30H2,2-7H3,(H2,48,49)(H,50,58)(H,51,56)(H,52,55)(H,53,59)/t38-,39+,40+/m1/s1. The van der Waals surface area contributed by atoms with Crippen molar-refractivity contribution in [2.24, 2.45) is 10.7 Å². The quantitative estimate of drug-likeness (QED) is 0.0248. The number of hydrogen-bond acceptors (Lipinski definition) is 9. The maximum absolute atomic E-state index is 13.9. The van der Waals surface area contributed by atoms with Crippen LogP contribution in [0.5, 0.6) is 0 Å². The zero-order chi connectivity index (χ0) is 45.2. The first kappa shape index (κ1) is 48.1. The molecule has 0 aliphatic heterocycles. The first-order valence-electron chi connectivity index (χ1n) is 20.9. The minimum Gasteiger partial charge on any atom is -0.459 e. The van der Waals surface area contributed by atoms with Crippen LogP contribution in [0.4, 0.5) is 9.59 Å². The van der Waals surface area contributed by atoms with Crippen molar-refractivity contribution in [2.45, 2.75) is 102 Å². The highest BCUT2D eigenvalue weighted by Gasteiger charge is 2.32. The second-order valence-corrected chi connectivity index (χ2v) is 16.3. The fourth-order valence-electron chi connectivity index (χ4n) is 6.72. The van der Waals surface area contributed by atoms with Gasteiger partial charge in [-0.25, -0.2) is 14.4 Å². The smallest absolute Gasteiger partial charge is 0.407 e. The second-order valence-electron chi connectivity index (χ2n) is 16.3. The van der Waals surface area contributed by atoms with Gasteiger partial charge in [-0.3, -0.25) is 14.6 Å². The third-order valence-electron chi connectivity index (χ3n) is 9.98. The predicted octanol–water partition coefficient (Wildman–Crippen LogP) is 5.29. The van der Waals surface area contributed by atoms with Gasteiger partial charge in [0.2, 0.25) is 11.8 Å². The van der Waals surface area contributed by atoms with E-state index in [1.165, 1.54) is 0 Å². The molecule has 0 aromatic heterocycles.